The van der Waals surface area contributed by atoms with Crippen molar-refractivity contribution >= 4 is 23.4 Å². The third-order valence-electron chi connectivity index (χ3n) is 3.50. The molecule has 1 aromatic heterocycles. The van der Waals surface area contributed by atoms with Gasteiger partial charge in [-0.2, -0.15) is 5.10 Å². The highest BCUT2D eigenvalue weighted by Crippen LogP contribution is 2.25. The Bertz CT molecular complexity index is 819. The number of hydrogen-bond donors (Lipinski definition) is 0. The summed E-state index contributed by atoms with van der Waals surface area (Å²) in [6, 6.07) is 4.34. The second-order valence-electron chi connectivity index (χ2n) is 5.09. The predicted octanol–water partition coefficient (Wildman–Crippen LogP) is 3.39. The van der Waals surface area contributed by atoms with Crippen LogP contribution in [0.25, 0.3) is 16.1 Å². The van der Waals surface area contributed by atoms with Crippen LogP contribution < -0.4 is 4.90 Å². The van der Waals surface area contributed by atoms with Crippen LogP contribution in [0.1, 0.15) is 5.56 Å². The van der Waals surface area contributed by atoms with Crippen LogP contribution >= 0.6 is 11.6 Å². The van der Waals surface area contributed by atoms with Gasteiger partial charge >= 0.3 is 6.09 Å². The fourth-order valence-corrected chi connectivity index (χ4v) is 2.50. The van der Waals surface area contributed by atoms with Crippen molar-refractivity contribution in [2.75, 3.05) is 18.0 Å². The first-order valence-corrected chi connectivity index (χ1v) is 7.54. The molecule has 24 heavy (non-hydrogen) atoms. The van der Waals surface area contributed by atoms with E-state index in [1.165, 1.54) is 21.7 Å². The molecule has 1 aromatic carbocycles. The van der Waals surface area contributed by atoms with Gasteiger partial charge in [0.05, 0.1) is 30.9 Å². The summed E-state index contributed by atoms with van der Waals surface area (Å²) in [6.07, 6.45) is 2.03. The van der Waals surface area contributed by atoms with Crippen LogP contribution in [0.4, 0.5) is 14.9 Å². The van der Waals surface area contributed by atoms with Crippen LogP contribution in [0.15, 0.2) is 35.7 Å². The summed E-state index contributed by atoms with van der Waals surface area (Å²) in [4.78, 5) is 15.8. The summed E-state index contributed by atoms with van der Waals surface area (Å²) >= 11 is 5.71. The first-order valence-electron chi connectivity index (χ1n) is 7.01. The predicted molar refractivity (Wildman–Crippen MR) is 84.7 cm³/mol. The number of carbonyl (C=O) groups excluding carboxylic acids is 1. The molecular formula is C14H12ClFN6O2. The van der Waals surface area contributed by atoms with Crippen LogP contribution in [0, 0.1) is 5.82 Å². The van der Waals surface area contributed by atoms with Gasteiger partial charge in [-0.3, -0.25) is 4.90 Å². The normalized spacial score (nSPS) is 16.8. The Kier molecular flexibility index (Phi) is 4.54. The third-order valence-corrected chi connectivity index (χ3v) is 3.81. The topological polar surface area (TPSA) is 96.1 Å². The van der Waals surface area contributed by atoms with E-state index in [1.54, 1.807) is 18.5 Å². The molecule has 1 atom stereocenters. The molecule has 3 rings (SSSR count). The minimum absolute atomic E-state index is 0.0355. The van der Waals surface area contributed by atoms with Crippen LogP contribution in [0.5, 0.6) is 0 Å². The lowest BCUT2D eigenvalue weighted by Gasteiger charge is -2.14. The van der Waals surface area contributed by atoms with Gasteiger partial charge in [0, 0.05) is 16.7 Å². The Hall–Kier alpha value is -2.77. The Morgan fingerprint density at radius 1 is 1.54 bits per heavy atom. The molecular weight excluding hydrogens is 339 g/mol. The lowest BCUT2D eigenvalue weighted by Crippen LogP contribution is -2.25. The molecule has 124 valence electrons. The summed E-state index contributed by atoms with van der Waals surface area (Å²) in [5.74, 6) is -0.255. The summed E-state index contributed by atoms with van der Waals surface area (Å²) in [7, 11) is 0. The third kappa shape index (κ3) is 3.12. The number of halogens is 2. The number of azide groups is 1. The van der Waals surface area contributed by atoms with Crippen molar-refractivity contribution < 1.29 is 13.9 Å². The molecule has 1 amide bonds. The van der Waals surface area contributed by atoms with E-state index in [9.17, 15) is 9.18 Å². The van der Waals surface area contributed by atoms with Gasteiger partial charge in [-0.15, -0.1) is 11.6 Å². The Balaban J connectivity index is 1.82. The van der Waals surface area contributed by atoms with E-state index in [0.29, 0.717) is 5.69 Å². The van der Waals surface area contributed by atoms with Crippen LogP contribution in [-0.4, -0.2) is 35.1 Å². The van der Waals surface area contributed by atoms with Gasteiger partial charge in [-0.05, 0) is 23.7 Å². The summed E-state index contributed by atoms with van der Waals surface area (Å²) in [5, 5.41) is 7.42. The zero-order valence-corrected chi connectivity index (χ0v) is 13.1. The van der Waals surface area contributed by atoms with Gasteiger partial charge < -0.3 is 4.74 Å². The molecule has 2 aromatic rings. The molecule has 1 fully saturated rings. The number of hydrogen-bond acceptors (Lipinski definition) is 4. The smallest absolute Gasteiger partial charge is 0.414 e. The Morgan fingerprint density at radius 2 is 2.38 bits per heavy atom. The van der Waals surface area contributed by atoms with Gasteiger partial charge in [0.1, 0.15) is 11.8 Å². The number of anilines is 1. The average molecular weight is 351 g/mol. The van der Waals surface area contributed by atoms with E-state index in [1.807, 2.05) is 0 Å². The number of ether oxygens (including phenoxy) is 1. The van der Waals surface area contributed by atoms with E-state index >= 15 is 0 Å². The molecule has 0 saturated carbocycles. The molecule has 2 heterocycles. The molecule has 0 N–H and O–H groups in total. The zero-order chi connectivity index (χ0) is 17.1. The average Bonchev–Trinajstić information content (AvgIpc) is 3.19. The molecule has 1 unspecified atom stereocenters. The summed E-state index contributed by atoms with van der Waals surface area (Å²) in [6.45, 7) is 0.225. The summed E-state index contributed by atoms with van der Waals surface area (Å²) < 4.78 is 20.8. The minimum atomic E-state index is -0.608. The van der Waals surface area contributed by atoms with Crippen molar-refractivity contribution in [1.29, 1.82) is 0 Å². The lowest BCUT2D eigenvalue weighted by atomic mass is 10.2. The number of aromatic nitrogens is 2. The molecule has 1 aliphatic rings. The quantitative estimate of drug-likeness (QED) is 0.358. The van der Waals surface area contributed by atoms with E-state index in [2.05, 4.69) is 15.1 Å². The number of cyclic esters (lactones) is 1. The van der Waals surface area contributed by atoms with E-state index < -0.39 is 18.0 Å². The number of carbonyl (C=O) groups is 1. The summed E-state index contributed by atoms with van der Waals surface area (Å²) in [5.41, 5.74) is 9.68. The fraction of sp³-hybridized carbons (Fsp3) is 0.286. The molecule has 1 aliphatic heterocycles. The van der Waals surface area contributed by atoms with Crippen LogP contribution in [0.3, 0.4) is 0 Å². The molecule has 8 nitrogen and oxygen atoms in total. The SMILES string of the molecule is [N-]=[N+]=NCC1CN(c2ccc(-n3cc(CCl)cn3)c(F)c2)C(=O)O1. The van der Waals surface area contributed by atoms with Gasteiger partial charge in [0.15, 0.2) is 5.82 Å². The molecule has 0 bridgehead atoms. The fourth-order valence-electron chi connectivity index (χ4n) is 2.37. The number of alkyl halides is 1. The van der Waals surface area contributed by atoms with Gasteiger partial charge in [-0.25, -0.2) is 13.9 Å². The maximum Gasteiger partial charge on any atom is 0.414 e. The highest BCUT2D eigenvalue weighted by molar-refractivity contribution is 6.17. The van der Waals surface area contributed by atoms with E-state index in [-0.39, 0.29) is 24.7 Å². The second-order valence-corrected chi connectivity index (χ2v) is 5.36. The largest absolute Gasteiger partial charge is 0.444 e. The highest BCUT2D eigenvalue weighted by Gasteiger charge is 2.32. The first kappa shape index (κ1) is 16.1. The Labute approximate surface area is 141 Å². The maximum absolute atomic E-state index is 14.4. The van der Waals surface area contributed by atoms with Crippen LogP contribution in [0.2, 0.25) is 0 Å². The first-order chi connectivity index (χ1) is 11.6. The van der Waals surface area contributed by atoms with Gasteiger partial charge in [-0.1, -0.05) is 5.11 Å². The van der Waals surface area contributed by atoms with Crippen molar-refractivity contribution in [3.05, 3.63) is 52.4 Å². The zero-order valence-electron chi connectivity index (χ0n) is 12.3. The maximum atomic E-state index is 14.4. The highest BCUT2D eigenvalue weighted by atomic mass is 35.5. The minimum Gasteiger partial charge on any atom is -0.444 e. The van der Waals surface area contributed by atoms with Gasteiger partial charge in [0.25, 0.3) is 0 Å². The standard InChI is InChI=1S/C14H12ClFN6O2/c15-4-9-5-19-22(7-9)13-2-1-10(3-12(13)16)21-8-11(6-18-20-17)24-14(21)23/h1-3,5,7,11H,4,6,8H2. The van der Waals surface area contributed by atoms with E-state index in [0.717, 1.165) is 5.56 Å². The number of amides is 1. The number of nitrogens with zero attached hydrogens (tertiary/aromatic N) is 6. The number of benzene rings is 1. The molecule has 10 heteroatoms. The lowest BCUT2D eigenvalue weighted by molar-refractivity contribution is 0.145. The van der Waals surface area contributed by atoms with Crippen molar-refractivity contribution in [1.82, 2.24) is 9.78 Å². The van der Waals surface area contributed by atoms with Gasteiger partial charge in [0.2, 0.25) is 0 Å². The molecule has 1 saturated heterocycles. The van der Waals surface area contributed by atoms with Crippen LogP contribution in [-0.2, 0) is 10.6 Å². The number of rotatable bonds is 5. The molecule has 0 aliphatic carbocycles. The van der Waals surface area contributed by atoms with Crippen molar-refractivity contribution in [3.8, 4) is 5.69 Å². The second kappa shape index (κ2) is 6.77. The molecule has 0 radical (unpaired) electrons. The van der Waals surface area contributed by atoms with Crippen molar-refractivity contribution in [2.45, 2.75) is 12.0 Å². The monoisotopic (exact) mass is 350 g/mol. The van der Waals surface area contributed by atoms with Crippen molar-refractivity contribution in [2.24, 2.45) is 5.11 Å². The Morgan fingerprint density at radius 3 is 3.04 bits per heavy atom. The molecule has 0 spiro atoms. The van der Waals surface area contributed by atoms with E-state index in [4.69, 9.17) is 21.9 Å². The van der Waals surface area contributed by atoms with Crippen molar-refractivity contribution in [3.63, 3.8) is 0 Å².